The van der Waals surface area contributed by atoms with Crippen LogP contribution in [0.3, 0.4) is 0 Å². The predicted molar refractivity (Wildman–Crippen MR) is 98.0 cm³/mol. The van der Waals surface area contributed by atoms with Crippen molar-refractivity contribution in [3.05, 3.63) is 48.3 Å². The second-order valence-electron chi connectivity index (χ2n) is 5.29. The van der Waals surface area contributed by atoms with Crippen LogP contribution in [-0.2, 0) is 4.79 Å². The molecule has 0 aliphatic rings. The van der Waals surface area contributed by atoms with E-state index < -0.39 is 0 Å². The van der Waals surface area contributed by atoms with Gasteiger partial charge in [-0.2, -0.15) is 4.68 Å². The van der Waals surface area contributed by atoms with Crippen molar-refractivity contribution in [1.82, 2.24) is 20.2 Å². The van der Waals surface area contributed by atoms with Crippen molar-refractivity contribution in [3.8, 4) is 17.2 Å². The molecule has 0 fully saturated rings. The largest absolute Gasteiger partial charge is 0.497 e. The van der Waals surface area contributed by atoms with Gasteiger partial charge in [-0.25, -0.2) is 4.39 Å². The normalized spacial score (nSPS) is 10.5. The van der Waals surface area contributed by atoms with Crippen LogP contribution in [0.1, 0.15) is 0 Å². The summed E-state index contributed by atoms with van der Waals surface area (Å²) in [7, 11) is 3.07. The number of anilines is 1. The Morgan fingerprint density at radius 3 is 2.44 bits per heavy atom. The number of amides is 1. The maximum Gasteiger partial charge on any atom is 0.234 e. The first-order valence-electron chi connectivity index (χ1n) is 7.79. The lowest BCUT2D eigenvalue weighted by molar-refractivity contribution is -0.113. The summed E-state index contributed by atoms with van der Waals surface area (Å²) in [6, 6.07) is 10.8. The summed E-state index contributed by atoms with van der Waals surface area (Å²) in [5.41, 5.74) is 1.15. The van der Waals surface area contributed by atoms with Crippen molar-refractivity contribution in [2.75, 3.05) is 25.3 Å². The first-order chi connectivity index (χ1) is 13.1. The van der Waals surface area contributed by atoms with E-state index >= 15 is 0 Å². The number of nitrogens with zero attached hydrogens (tertiary/aromatic N) is 4. The molecular weight excluding hydrogens is 373 g/mol. The molecule has 0 spiro atoms. The number of nitrogens with one attached hydrogen (secondary N) is 1. The SMILES string of the molecule is COc1cc(NC(=O)CSc2nnnn2-c2ccc(F)cc2)cc(OC)c1. The van der Waals surface area contributed by atoms with Crippen LogP contribution in [-0.4, -0.2) is 46.1 Å². The smallest absolute Gasteiger partial charge is 0.234 e. The fraction of sp³-hybridized carbons (Fsp3) is 0.176. The van der Waals surface area contributed by atoms with Gasteiger partial charge >= 0.3 is 0 Å². The Balaban J connectivity index is 1.65. The highest BCUT2D eigenvalue weighted by atomic mass is 32.2. The number of tetrazole rings is 1. The highest BCUT2D eigenvalue weighted by Crippen LogP contribution is 2.26. The number of rotatable bonds is 7. The molecule has 3 rings (SSSR count). The molecule has 1 N–H and O–H groups in total. The van der Waals surface area contributed by atoms with E-state index in [0.29, 0.717) is 28.0 Å². The minimum absolute atomic E-state index is 0.0844. The Bertz CT molecular complexity index is 910. The van der Waals surface area contributed by atoms with E-state index in [9.17, 15) is 9.18 Å². The van der Waals surface area contributed by atoms with Gasteiger partial charge in [0.05, 0.1) is 25.7 Å². The second-order valence-corrected chi connectivity index (χ2v) is 6.23. The molecule has 8 nitrogen and oxygen atoms in total. The maximum absolute atomic E-state index is 13.1. The zero-order valence-electron chi connectivity index (χ0n) is 14.5. The van der Waals surface area contributed by atoms with Crippen LogP contribution in [0.5, 0.6) is 11.5 Å². The number of carbonyl (C=O) groups excluding carboxylic acids is 1. The molecule has 0 saturated heterocycles. The average molecular weight is 389 g/mol. The fourth-order valence-corrected chi connectivity index (χ4v) is 2.91. The predicted octanol–water partition coefficient (Wildman–Crippen LogP) is 2.55. The van der Waals surface area contributed by atoms with Crippen LogP contribution in [0.15, 0.2) is 47.6 Å². The van der Waals surface area contributed by atoms with Crippen molar-refractivity contribution >= 4 is 23.4 Å². The first-order valence-corrected chi connectivity index (χ1v) is 8.77. The topological polar surface area (TPSA) is 91.2 Å². The molecule has 1 heterocycles. The zero-order chi connectivity index (χ0) is 19.2. The summed E-state index contributed by atoms with van der Waals surface area (Å²) in [5.74, 6) is 0.620. The molecule has 0 aliphatic heterocycles. The average Bonchev–Trinajstić information content (AvgIpc) is 3.15. The number of methoxy groups -OCH3 is 2. The van der Waals surface area contributed by atoms with Crippen LogP contribution >= 0.6 is 11.8 Å². The summed E-state index contributed by atoms with van der Waals surface area (Å²) in [4.78, 5) is 12.3. The van der Waals surface area contributed by atoms with Crippen LogP contribution in [0.2, 0.25) is 0 Å². The highest BCUT2D eigenvalue weighted by Gasteiger charge is 2.12. The maximum atomic E-state index is 13.1. The Kier molecular flexibility index (Phi) is 5.87. The summed E-state index contributed by atoms with van der Waals surface area (Å²) in [5, 5.41) is 14.6. The quantitative estimate of drug-likeness (QED) is 0.621. The number of carbonyl (C=O) groups is 1. The van der Waals surface area contributed by atoms with Crippen LogP contribution in [0.25, 0.3) is 5.69 Å². The number of halogens is 1. The molecule has 2 aromatic carbocycles. The molecule has 0 aliphatic carbocycles. The molecule has 1 aromatic heterocycles. The van der Waals surface area contributed by atoms with E-state index in [4.69, 9.17) is 9.47 Å². The Hall–Kier alpha value is -3.14. The molecule has 0 bridgehead atoms. The molecule has 1 amide bonds. The second kappa shape index (κ2) is 8.49. The van der Waals surface area contributed by atoms with Gasteiger partial charge in [0, 0.05) is 23.9 Å². The molecule has 10 heteroatoms. The van der Waals surface area contributed by atoms with Gasteiger partial charge in [0.25, 0.3) is 0 Å². The molecule has 0 saturated carbocycles. The summed E-state index contributed by atoms with van der Waals surface area (Å²) >= 11 is 1.16. The Morgan fingerprint density at radius 1 is 1.15 bits per heavy atom. The Labute approximate surface area is 158 Å². The van der Waals surface area contributed by atoms with Crippen molar-refractivity contribution in [3.63, 3.8) is 0 Å². The Morgan fingerprint density at radius 2 is 1.81 bits per heavy atom. The number of thioether (sulfide) groups is 1. The molecule has 0 unspecified atom stereocenters. The summed E-state index contributed by atoms with van der Waals surface area (Å²) < 4.78 is 24.9. The van der Waals surface area contributed by atoms with Gasteiger partial charge in [-0.3, -0.25) is 4.79 Å². The van der Waals surface area contributed by atoms with Crippen LogP contribution in [0, 0.1) is 5.82 Å². The van der Waals surface area contributed by atoms with Gasteiger partial charge in [0.15, 0.2) is 0 Å². The third kappa shape index (κ3) is 4.73. The van der Waals surface area contributed by atoms with Crippen molar-refractivity contribution < 1.29 is 18.7 Å². The molecule has 140 valence electrons. The molecule has 0 atom stereocenters. The van der Waals surface area contributed by atoms with Crippen LogP contribution in [0.4, 0.5) is 10.1 Å². The molecule has 3 aromatic rings. The van der Waals surface area contributed by atoms with Crippen molar-refractivity contribution in [2.45, 2.75) is 5.16 Å². The first kappa shape index (κ1) is 18.6. The lowest BCUT2D eigenvalue weighted by Gasteiger charge is -2.09. The third-order valence-corrected chi connectivity index (χ3v) is 4.40. The zero-order valence-corrected chi connectivity index (χ0v) is 15.4. The number of hydrogen-bond donors (Lipinski definition) is 1. The number of hydrogen-bond acceptors (Lipinski definition) is 7. The van der Waals surface area contributed by atoms with E-state index in [1.807, 2.05) is 0 Å². The molecule has 0 radical (unpaired) electrons. The van der Waals surface area contributed by atoms with Gasteiger partial charge in [-0.1, -0.05) is 11.8 Å². The number of benzene rings is 2. The van der Waals surface area contributed by atoms with Crippen LogP contribution < -0.4 is 14.8 Å². The molecular formula is C17H16FN5O3S. The van der Waals surface area contributed by atoms with E-state index in [2.05, 4.69) is 20.8 Å². The van der Waals surface area contributed by atoms with Gasteiger partial charge in [-0.15, -0.1) is 5.10 Å². The third-order valence-electron chi connectivity index (χ3n) is 3.48. The summed E-state index contributed by atoms with van der Waals surface area (Å²) in [6.45, 7) is 0. The highest BCUT2D eigenvalue weighted by molar-refractivity contribution is 7.99. The fourth-order valence-electron chi connectivity index (χ4n) is 2.22. The van der Waals surface area contributed by atoms with E-state index in [-0.39, 0.29) is 17.5 Å². The lowest BCUT2D eigenvalue weighted by atomic mass is 10.2. The van der Waals surface area contributed by atoms with E-state index in [1.165, 1.54) is 31.0 Å². The molecule has 27 heavy (non-hydrogen) atoms. The van der Waals surface area contributed by atoms with E-state index in [1.54, 1.807) is 30.3 Å². The minimum atomic E-state index is -0.353. The van der Waals surface area contributed by atoms with Gasteiger partial charge in [0.2, 0.25) is 11.1 Å². The minimum Gasteiger partial charge on any atom is -0.497 e. The lowest BCUT2D eigenvalue weighted by Crippen LogP contribution is -2.14. The summed E-state index contributed by atoms with van der Waals surface area (Å²) in [6.07, 6.45) is 0. The standard InChI is InChI=1S/C17H16FN5O3S/c1-25-14-7-12(8-15(9-14)26-2)19-16(24)10-27-17-20-21-22-23(17)13-5-3-11(18)4-6-13/h3-9H,10H2,1-2H3,(H,19,24). The van der Waals surface area contributed by atoms with Crippen molar-refractivity contribution in [2.24, 2.45) is 0 Å². The number of aromatic nitrogens is 4. The van der Waals surface area contributed by atoms with E-state index in [0.717, 1.165) is 11.8 Å². The van der Waals surface area contributed by atoms with Gasteiger partial charge < -0.3 is 14.8 Å². The van der Waals surface area contributed by atoms with Gasteiger partial charge in [-0.05, 0) is 34.7 Å². The van der Waals surface area contributed by atoms with Crippen molar-refractivity contribution in [1.29, 1.82) is 0 Å². The monoisotopic (exact) mass is 389 g/mol. The number of ether oxygens (including phenoxy) is 2. The van der Waals surface area contributed by atoms with Gasteiger partial charge in [0.1, 0.15) is 17.3 Å².